The number of hydrogen-bond acceptors (Lipinski definition) is 10. The molecule has 3 unspecified atom stereocenters. The number of amides is 2. The molecule has 4 aromatic rings. The molecule has 0 fully saturated rings. The van der Waals surface area contributed by atoms with Gasteiger partial charge in [0.2, 0.25) is 23.6 Å². The van der Waals surface area contributed by atoms with Gasteiger partial charge in [-0.25, -0.2) is 14.4 Å². The van der Waals surface area contributed by atoms with Crippen LogP contribution in [0.2, 0.25) is 0 Å². The number of carbonyl (C=O) groups is 2. The molecule has 2 aromatic carbocycles. The van der Waals surface area contributed by atoms with Crippen LogP contribution in [0.25, 0.3) is 11.6 Å². The third-order valence-electron chi connectivity index (χ3n) is 8.92. The molecule has 2 aromatic heterocycles. The lowest BCUT2D eigenvalue weighted by atomic mass is 9.72. The standard InChI is InChI=1S/C33H34FN5O7/c1-14(2)24-31-39-25(30-35-18(12-40)13-44-30)27(46-31)33-19-11-17(34)6-7-21(19)37-32(33)45-23-8-5-16(9-20(23)33)10-22(28(42)38-24)36-29(43)26(41)15(3)4/h5-9,11,13-15,22,24,26,32,37,40-41H,10,12H2,1-4H3,(H,36,43)(H,38,42)/t22-,24?,26-,32?,33?/m0/s1. The third kappa shape index (κ3) is 4.56. The first-order valence-corrected chi connectivity index (χ1v) is 15.2. The van der Waals surface area contributed by atoms with E-state index in [0.29, 0.717) is 28.1 Å². The van der Waals surface area contributed by atoms with Crippen molar-refractivity contribution in [3.63, 3.8) is 0 Å². The van der Waals surface area contributed by atoms with Crippen molar-refractivity contribution in [3.8, 4) is 17.3 Å². The Bertz CT molecular complexity index is 1850. The first-order chi connectivity index (χ1) is 22.0. The summed E-state index contributed by atoms with van der Waals surface area (Å²) in [4.78, 5) is 36.2. The normalized spacial score (nSPS) is 23.5. The van der Waals surface area contributed by atoms with Gasteiger partial charge in [0.25, 0.3) is 0 Å². The van der Waals surface area contributed by atoms with Gasteiger partial charge in [-0.05, 0) is 41.7 Å². The van der Waals surface area contributed by atoms with Gasteiger partial charge in [0.1, 0.15) is 47.1 Å². The molecule has 5 N–H and O–H groups in total. The second-order valence-electron chi connectivity index (χ2n) is 12.7. The summed E-state index contributed by atoms with van der Waals surface area (Å²) in [6.45, 7) is 6.82. The number of aromatic nitrogens is 2. The summed E-state index contributed by atoms with van der Waals surface area (Å²) in [5, 5.41) is 29.3. The number of carbonyl (C=O) groups excluding carboxylic acids is 2. The summed E-state index contributed by atoms with van der Waals surface area (Å²) < 4.78 is 34.0. The monoisotopic (exact) mass is 631 g/mol. The number of aliphatic hydroxyl groups is 2. The largest absolute Gasteiger partial charge is 0.469 e. The number of rotatable bonds is 6. The van der Waals surface area contributed by atoms with Gasteiger partial charge in [0.05, 0.1) is 6.61 Å². The highest BCUT2D eigenvalue weighted by Crippen LogP contribution is 2.59. The number of hydrogen-bond donors (Lipinski definition) is 5. The fourth-order valence-electron chi connectivity index (χ4n) is 6.51. The zero-order valence-electron chi connectivity index (χ0n) is 25.6. The summed E-state index contributed by atoms with van der Waals surface area (Å²) in [6.07, 6.45) is -0.698. The molecule has 4 bridgehead atoms. The number of nitrogens with zero attached hydrogens (tertiary/aromatic N) is 2. The molecule has 7 rings (SSSR count). The second-order valence-corrected chi connectivity index (χ2v) is 12.7. The minimum absolute atomic E-state index is 0.0631. The Hall–Kier alpha value is -4.75. The maximum Gasteiger partial charge on any atom is 0.249 e. The molecule has 1 spiro atoms. The molecule has 3 aliphatic heterocycles. The highest BCUT2D eigenvalue weighted by atomic mass is 19.1. The zero-order chi connectivity index (χ0) is 32.5. The van der Waals surface area contributed by atoms with E-state index in [4.69, 9.17) is 18.6 Å². The molecule has 0 saturated heterocycles. The van der Waals surface area contributed by atoms with Crippen LogP contribution in [0.1, 0.15) is 67.8 Å². The van der Waals surface area contributed by atoms with E-state index in [1.54, 1.807) is 32.0 Å². The van der Waals surface area contributed by atoms with Crippen molar-refractivity contribution in [1.29, 1.82) is 0 Å². The smallest absolute Gasteiger partial charge is 0.249 e. The first kappa shape index (κ1) is 29.9. The van der Waals surface area contributed by atoms with E-state index in [-0.39, 0.29) is 53.8 Å². The Morgan fingerprint density at radius 2 is 1.93 bits per heavy atom. The molecule has 5 atom stereocenters. The maximum absolute atomic E-state index is 15.1. The van der Waals surface area contributed by atoms with Crippen LogP contribution in [-0.2, 0) is 28.0 Å². The molecular weight excluding hydrogens is 597 g/mol. The molecule has 12 nitrogen and oxygen atoms in total. The van der Waals surface area contributed by atoms with Crippen LogP contribution in [-0.4, -0.2) is 50.4 Å². The summed E-state index contributed by atoms with van der Waals surface area (Å²) >= 11 is 0. The Morgan fingerprint density at radius 3 is 2.65 bits per heavy atom. The van der Waals surface area contributed by atoms with Crippen LogP contribution in [0, 0.1) is 17.7 Å². The molecule has 240 valence electrons. The van der Waals surface area contributed by atoms with Crippen LogP contribution >= 0.6 is 0 Å². The minimum Gasteiger partial charge on any atom is -0.469 e. The van der Waals surface area contributed by atoms with Crippen LogP contribution in [0.15, 0.2) is 51.5 Å². The molecule has 13 heteroatoms. The van der Waals surface area contributed by atoms with Gasteiger partial charge in [0, 0.05) is 23.2 Å². The summed E-state index contributed by atoms with van der Waals surface area (Å²) in [5.74, 6) is -1.29. The highest BCUT2D eigenvalue weighted by molar-refractivity contribution is 5.90. The quantitative estimate of drug-likeness (QED) is 0.213. The molecule has 5 heterocycles. The van der Waals surface area contributed by atoms with Gasteiger partial charge >= 0.3 is 0 Å². The minimum atomic E-state index is -1.31. The van der Waals surface area contributed by atoms with E-state index >= 15 is 4.39 Å². The molecule has 3 aliphatic rings. The number of ether oxygens (including phenoxy) is 1. The number of aliphatic hydroxyl groups excluding tert-OH is 2. The number of halogens is 1. The summed E-state index contributed by atoms with van der Waals surface area (Å²) in [7, 11) is 0. The van der Waals surface area contributed by atoms with Crippen molar-refractivity contribution in [2.24, 2.45) is 11.8 Å². The molecule has 0 aliphatic carbocycles. The lowest BCUT2D eigenvalue weighted by Gasteiger charge is -2.29. The van der Waals surface area contributed by atoms with Crippen molar-refractivity contribution < 1.29 is 37.8 Å². The Morgan fingerprint density at radius 1 is 1.13 bits per heavy atom. The average Bonchev–Trinajstić information content (AvgIpc) is 3.79. The Labute approximate surface area is 263 Å². The van der Waals surface area contributed by atoms with Gasteiger partial charge in [-0.3, -0.25) is 9.59 Å². The number of benzene rings is 2. The average molecular weight is 632 g/mol. The van der Waals surface area contributed by atoms with Crippen molar-refractivity contribution in [2.45, 2.75) is 70.6 Å². The van der Waals surface area contributed by atoms with Crippen molar-refractivity contribution in [1.82, 2.24) is 20.6 Å². The number of oxazole rings is 2. The predicted molar refractivity (Wildman–Crippen MR) is 161 cm³/mol. The molecule has 0 radical (unpaired) electrons. The third-order valence-corrected chi connectivity index (χ3v) is 8.92. The van der Waals surface area contributed by atoms with Gasteiger partial charge < -0.3 is 39.7 Å². The second kappa shape index (κ2) is 11.0. The predicted octanol–water partition coefficient (Wildman–Crippen LogP) is 3.31. The molecular formula is C33H34FN5O7. The Balaban J connectivity index is 1.49. The maximum atomic E-state index is 15.1. The lowest BCUT2D eigenvalue weighted by Crippen LogP contribution is -2.52. The fraction of sp³-hybridized carbons (Fsp3) is 0.394. The summed E-state index contributed by atoms with van der Waals surface area (Å²) in [6, 6.07) is 7.99. The van der Waals surface area contributed by atoms with E-state index in [2.05, 4.69) is 20.9 Å². The van der Waals surface area contributed by atoms with Gasteiger partial charge in [-0.2, -0.15) is 0 Å². The van der Waals surface area contributed by atoms with Crippen molar-refractivity contribution in [3.05, 3.63) is 82.5 Å². The lowest BCUT2D eigenvalue weighted by molar-refractivity contribution is -0.135. The van der Waals surface area contributed by atoms with Gasteiger partial charge in [0.15, 0.2) is 17.7 Å². The molecule has 46 heavy (non-hydrogen) atoms. The number of nitrogens with one attached hydrogen (secondary N) is 3. The van der Waals surface area contributed by atoms with Crippen LogP contribution in [0.3, 0.4) is 0 Å². The zero-order valence-corrected chi connectivity index (χ0v) is 25.6. The highest BCUT2D eigenvalue weighted by Gasteiger charge is 2.61. The topological polar surface area (TPSA) is 172 Å². The van der Waals surface area contributed by atoms with E-state index in [1.165, 1.54) is 18.4 Å². The molecule has 0 saturated carbocycles. The SMILES string of the molecule is CC(C)C1NC(=O)[C@@H](NC(=O)[C@@H](O)C(C)C)Cc2ccc3c(c2)C2(c4cc(F)ccc4NC2O3)c2oc1nc2-c1nc(CO)co1. The van der Waals surface area contributed by atoms with Crippen molar-refractivity contribution in [2.75, 3.05) is 5.32 Å². The number of fused-ring (bicyclic) bond motifs is 4. The van der Waals surface area contributed by atoms with E-state index in [1.807, 2.05) is 19.9 Å². The first-order valence-electron chi connectivity index (χ1n) is 15.2. The van der Waals surface area contributed by atoms with Gasteiger partial charge in [-0.1, -0.05) is 39.8 Å². The van der Waals surface area contributed by atoms with E-state index in [0.717, 1.165) is 0 Å². The van der Waals surface area contributed by atoms with E-state index < -0.39 is 47.5 Å². The van der Waals surface area contributed by atoms with Crippen LogP contribution in [0.5, 0.6) is 5.75 Å². The fourth-order valence-corrected chi connectivity index (χ4v) is 6.51. The number of anilines is 1. The van der Waals surface area contributed by atoms with Crippen LogP contribution < -0.4 is 20.7 Å². The summed E-state index contributed by atoms with van der Waals surface area (Å²) in [5.41, 5.74) is 1.66. The van der Waals surface area contributed by atoms with E-state index in [9.17, 15) is 19.8 Å². The molecule has 2 amide bonds. The van der Waals surface area contributed by atoms with Crippen LogP contribution in [0.4, 0.5) is 10.1 Å². The van der Waals surface area contributed by atoms with Crippen molar-refractivity contribution >= 4 is 17.5 Å². The van der Waals surface area contributed by atoms with Gasteiger partial charge in [-0.15, -0.1) is 0 Å². The Kier molecular flexibility index (Phi) is 7.13.